The quantitative estimate of drug-likeness (QED) is 0.755. The second-order valence-electron chi connectivity index (χ2n) is 7.02. The molecule has 0 amide bonds. The first-order chi connectivity index (χ1) is 13.0. The van der Waals surface area contributed by atoms with Crippen molar-refractivity contribution in [2.24, 2.45) is 0 Å². The number of ether oxygens (including phenoxy) is 2. The molecule has 1 aliphatic heterocycles. The second kappa shape index (κ2) is 9.21. The predicted octanol–water partition coefficient (Wildman–Crippen LogP) is 1.86. The molecule has 0 spiro atoms. The highest BCUT2D eigenvalue weighted by Gasteiger charge is 2.21. The van der Waals surface area contributed by atoms with Crippen molar-refractivity contribution in [3.05, 3.63) is 41.3 Å². The Morgan fingerprint density at radius 3 is 2.30 bits per heavy atom. The van der Waals surface area contributed by atoms with Gasteiger partial charge in [-0.25, -0.2) is 0 Å². The molecule has 7 nitrogen and oxygen atoms in total. The van der Waals surface area contributed by atoms with E-state index in [4.69, 9.17) is 14.0 Å². The van der Waals surface area contributed by atoms with E-state index in [0.29, 0.717) is 6.54 Å². The molecule has 1 aromatic heterocycles. The van der Waals surface area contributed by atoms with Crippen molar-refractivity contribution in [2.75, 3.05) is 46.4 Å². The molecule has 2 aromatic rings. The van der Waals surface area contributed by atoms with Gasteiger partial charge in [-0.3, -0.25) is 9.80 Å². The van der Waals surface area contributed by atoms with Crippen LogP contribution in [0.15, 0.2) is 28.8 Å². The van der Waals surface area contributed by atoms with E-state index >= 15 is 0 Å². The largest absolute Gasteiger partial charge is 0.497 e. The number of hydrogen-bond donors (Lipinski definition) is 1. The number of β-amino-alcohol motifs (C(OH)–C–C–N with tert-alkyl or cyclic N) is 1. The average molecular weight is 375 g/mol. The molecular formula is C20H29N3O4. The van der Waals surface area contributed by atoms with Gasteiger partial charge in [-0.05, 0) is 38.1 Å². The molecule has 1 N–H and O–H groups in total. The van der Waals surface area contributed by atoms with Crippen LogP contribution in [-0.4, -0.2) is 72.6 Å². The Kier molecular flexibility index (Phi) is 6.71. The highest BCUT2D eigenvalue weighted by molar-refractivity contribution is 5.31. The lowest BCUT2D eigenvalue weighted by atomic mass is 10.1. The van der Waals surface area contributed by atoms with Crippen LogP contribution < -0.4 is 9.47 Å². The third-order valence-electron chi connectivity index (χ3n) is 5.00. The van der Waals surface area contributed by atoms with Crippen molar-refractivity contribution < 1.29 is 19.1 Å². The van der Waals surface area contributed by atoms with Crippen LogP contribution in [0.2, 0.25) is 0 Å². The van der Waals surface area contributed by atoms with Gasteiger partial charge in [0.25, 0.3) is 0 Å². The summed E-state index contributed by atoms with van der Waals surface area (Å²) in [6.07, 6.45) is -0.513. The summed E-state index contributed by atoms with van der Waals surface area (Å²) < 4.78 is 16.0. The maximum atomic E-state index is 10.3. The molecule has 1 fully saturated rings. The van der Waals surface area contributed by atoms with E-state index in [1.807, 2.05) is 38.1 Å². The van der Waals surface area contributed by atoms with Gasteiger partial charge in [-0.1, -0.05) is 5.16 Å². The van der Waals surface area contributed by atoms with Crippen LogP contribution in [0.25, 0.3) is 0 Å². The van der Waals surface area contributed by atoms with Crippen LogP contribution in [0.3, 0.4) is 0 Å². The Labute approximate surface area is 160 Å². The van der Waals surface area contributed by atoms with Crippen molar-refractivity contribution in [3.8, 4) is 11.5 Å². The zero-order chi connectivity index (χ0) is 19.2. The van der Waals surface area contributed by atoms with Crippen LogP contribution in [0.4, 0.5) is 0 Å². The molecule has 1 unspecified atom stereocenters. The maximum absolute atomic E-state index is 10.3. The standard InChI is InChI=1S/C20H29N3O4/c1-15-20(16(2)27-21-15)13-23-10-8-22(9-11-23)12-17(24)14-26-19-6-4-18(25-3)5-7-19/h4-7,17,24H,8-14H2,1-3H3. The number of rotatable bonds is 8. The fraction of sp³-hybridized carbons (Fsp3) is 0.550. The molecule has 0 radical (unpaired) electrons. The highest BCUT2D eigenvalue weighted by Crippen LogP contribution is 2.18. The Balaban J connectivity index is 1.38. The first-order valence-electron chi connectivity index (χ1n) is 9.36. The van der Waals surface area contributed by atoms with Gasteiger partial charge in [-0.15, -0.1) is 0 Å². The Morgan fingerprint density at radius 2 is 1.70 bits per heavy atom. The highest BCUT2D eigenvalue weighted by atomic mass is 16.5. The summed E-state index contributed by atoms with van der Waals surface area (Å²) in [6.45, 7) is 9.53. The Bertz CT molecular complexity index is 689. The third kappa shape index (κ3) is 5.45. The molecule has 1 atom stereocenters. The smallest absolute Gasteiger partial charge is 0.138 e. The van der Waals surface area contributed by atoms with Crippen LogP contribution in [-0.2, 0) is 6.54 Å². The minimum absolute atomic E-state index is 0.283. The van der Waals surface area contributed by atoms with Crippen LogP contribution in [0.5, 0.6) is 11.5 Å². The van der Waals surface area contributed by atoms with E-state index in [9.17, 15) is 5.11 Å². The minimum atomic E-state index is -0.513. The zero-order valence-electron chi connectivity index (χ0n) is 16.4. The summed E-state index contributed by atoms with van der Waals surface area (Å²) in [6, 6.07) is 7.39. The molecular weight excluding hydrogens is 346 g/mol. The number of methoxy groups -OCH3 is 1. The van der Waals surface area contributed by atoms with E-state index in [-0.39, 0.29) is 6.61 Å². The van der Waals surface area contributed by atoms with E-state index in [1.54, 1.807) is 7.11 Å². The number of benzene rings is 1. The van der Waals surface area contributed by atoms with Crippen molar-refractivity contribution in [2.45, 2.75) is 26.5 Å². The Morgan fingerprint density at radius 1 is 1.07 bits per heavy atom. The molecule has 3 rings (SSSR count). The van der Waals surface area contributed by atoms with Crippen LogP contribution in [0.1, 0.15) is 17.0 Å². The molecule has 148 valence electrons. The summed E-state index contributed by atoms with van der Waals surface area (Å²) in [5, 5.41) is 14.3. The van der Waals surface area contributed by atoms with Gasteiger partial charge in [0.1, 0.15) is 30.0 Å². The molecule has 1 saturated heterocycles. The first-order valence-corrected chi connectivity index (χ1v) is 9.36. The van der Waals surface area contributed by atoms with E-state index in [1.165, 1.54) is 5.56 Å². The van der Waals surface area contributed by atoms with Crippen LogP contribution in [0, 0.1) is 13.8 Å². The predicted molar refractivity (Wildman–Crippen MR) is 102 cm³/mol. The number of aromatic nitrogens is 1. The summed E-state index contributed by atoms with van der Waals surface area (Å²) in [5.74, 6) is 2.43. The lowest BCUT2D eigenvalue weighted by molar-refractivity contribution is 0.0445. The summed E-state index contributed by atoms with van der Waals surface area (Å²) >= 11 is 0. The number of nitrogens with zero attached hydrogens (tertiary/aromatic N) is 3. The van der Waals surface area contributed by atoms with E-state index < -0.39 is 6.10 Å². The first kappa shape index (κ1) is 19.7. The van der Waals surface area contributed by atoms with Gasteiger partial charge in [-0.2, -0.15) is 0 Å². The number of aryl methyl sites for hydroxylation is 2. The number of hydrogen-bond acceptors (Lipinski definition) is 7. The van der Waals surface area contributed by atoms with Gasteiger partial charge in [0.05, 0.1) is 12.8 Å². The van der Waals surface area contributed by atoms with E-state index in [0.717, 1.165) is 55.7 Å². The monoisotopic (exact) mass is 375 g/mol. The van der Waals surface area contributed by atoms with Gasteiger partial charge in [0.2, 0.25) is 0 Å². The lowest BCUT2D eigenvalue weighted by Crippen LogP contribution is -2.48. The normalized spacial score (nSPS) is 17.0. The summed E-state index contributed by atoms with van der Waals surface area (Å²) in [7, 11) is 1.63. The Hall–Kier alpha value is -2.09. The van der Waals surface area contributed by atoms with Crippen molar-refractivity contribution in [1.82, 2.24) is 15.0 Å². The molecule has 7 heteroatoms. The molecule has 0 aliphatic carbocycles. The molecule has 0 bridgehead atoms. The molecule has 1 aromatic carbocycles. The fourth-order valence-electron chi connectivity index (χ4n) is 3.30. The molecule has 1 aliphatic rings. The summed E-state index contributed by atoms with van der Waals surface area (Å²) in [4.78, 5) is 4.69. The number of aliphatic hydroxyl groups excluding tert-OH is 1. The van der Waals surface area contributed by atoms with Gasteiger partial charge in [0.15, 0.2) is 0 Å². The van der Waals surface area contributed by atoms with E-state index in [2.05, 4.69) is 15.0 Å². The van der Waals surface area contributed by atoms with Gasteiger partial charge < -0.3 is 19.1 Å². The van der Waals surface area contributed by atoms with Crippen molar-refractivity contribution in [1.29, 1.82) is 0 Å². The SMILES string of the molecule is COc1ccc(OCC(O)CN2CCN(Cc3c(C)noc3C)CC2)cc1. The number of aliphatic hydroxyl groups is 1. The third-order valence-corrected chi connectivity index (χ3v) is 5.00. The summed E-state index contributed by atoms with van der Waals surface area (Å²) in [5.41, 5.74) is 2.16. The topological polar surface area (TPSA) is 71.2 Å². The zero-order valence-corrected chi connectivity index (χ0v) is 16.4. The number of piperazine rings is 1. The lowest BCUT2D eigenvalue weighted by Gasteiger charge is -2.35. The maximum Gasteiger partial charge on any atom is 0.138 e. The molecule has 0 saturated carbocycles. The minimum Gasteiger partial charge on any atom is -0.497 e. The van der Waals surface area contributed by atoms with Crippen molar-refractivity contribution in [3.63, 3.8) is 0 Å². The average Bonchev–Trinajstić information content (AvgIpc) is 3.00. The fourth-order valence-corrected chi connectivity index (χ4v) is 3.30. The van der Waals surface area contributed by atoms with Gasteiger partial charge in [0, 0.05) is 44.8 Å². The van der Waals surface area contributed by atoms with Gasteiger partial charge >= 0.3 is 0 Å². The molecule has 2 heterocycles. The molecule has 27 heavy (non-hydrogen) atoms. The van der Waals surface area contributed by atoms with Crippen LogP contribution >= 0.6 is 0 Å². The van der Waals surface area contributed by atoms with Crippen molar-refractivity contribution >= 4 is 0 Å². The second-order valence-corrected chi connectivity index (χ2v) is 7.02.